The third-order valence-corrected chi connectivity index (χ3v) is 4.98. The Morgan fingerprint density at radius 2 is 1.22 bits per heavy atom. The third kappa shape index (κ3) is 2.70. The first-order valence-corrected chi connectivity index (χ1v) is 7.34. The normalized spacial score (nSPS) is 11.7. The maximum absolute atomic E-state index is 13.2. The molecule has 0 bridgehead atoms. The fraction of sp³-hybridized carbons (Fsp3) is 0.143. The van der Waals surface area contributed by atoms with E-state index in [0.717, 1.165) is 0 Å². The lowest BCUT2D eigenvalue weighted by atomic mass is 10.4. The minimum Gasteiger partial charge on any atom is -0.281 e. The van der Waals surface area contributed by atoms with Crippen LogP contribution in [0.4, 0.5) is 0 Å². The fourth-order valence-electron chi connectivity index (χ4n) is 1.72. The van der Waals surface area contributed by atoms with Gasteiger partial charge in [-0.15, -0.1) is 0 Å². The van der Waals surface area contributed by atoms with Gasteiger partial charge in [-0.1, -0.05) is 36.4 Å². The molecule has 0 aliphatic carbocycles. The molecule has 0 fully saturated rings. The second-order valence-corrected chi connectivity index (χ2v) is 6.42. The molecule has 0 unspecified atom stereocenters. The zero-order valence-corrected chi connectivity index (χ0v) is 11.4. The van der Waals surface area contributed by atoms with E-state index in [-0.39, 0.29) is 0 Å². The number of hydrogen-bond donors (Lipinski definition) is 0. The lowest BCUT2D eigenvalue weighted by Gasteiger charge is -2.22. The summed E-state index contributed by atoms with van der Waals surface area (Å²) in [6, 6.07) is 18.6. The highest BCUT2D eigenvalue weighted by Gasteiger charge is 2.29. The van der Waals surface area contributed by atoms with Crippen molar-refractivity contribution in [3.8, 4) is 0 Å². The molecule has 2 aromatic rings. The second-order valence-electron chi connectivity index (χ2n) is 4.12. The van der Waals surface area contributed by atoms with E-state index in [2.05, 4.69) is 0 Å². The molecule has 2 aromatic carbocycles. The Labute approximate surface area is 107 Å². The van der Waals surface area contributed by atoms with Crippen LogP contribution in [0.25, 0.3) is 0 Å². The maximum atomic E-state index is 13.2. The van der Waals surface area contributed by atoms with E-state index in [9.17, 15) is 4.57 Å². The van der Waals surface area contributed by atoms with Crippen LogP contribution in [0.3, 0.4) is 0 Å². The predicted octanol–water partition coefficient (Wildman–Crippen LogP) is 2.41. The van der Waals surface area contributed by atoms with Crippen LogP contribution >= 0.6 is 7.37 Å². The van der Waals surface area contributed by atoms with Gasteiger partial charge in [0.05, 0.1) is 0 Å². The van der Waals surface area contributed by atoms with Crippen molar-refractivity contribution in [2.45, 2.75) is 0 Å². The smallest absolute Gasteiger partial charge is 0.277 e. The number of hydroxylamine groups is 2. The van der Waals surface area contributed by atoms with Gasteiger partial charge in [0.2, 0.25) is 0 Å². The van der Waals surface area contributed by atoms with Crippen molar-refractivity contribution in [2.75, 3.05) is 14.1 Å². The molecule has 3 nitrogen and oxygen atoms in total. The third-order valence-electron chi connectivity index (χ3n) is 2.47. The molecular weight excluding hydrogens is 245 g/mol. The van der Waals surface area contributed by atoms with Gasteiger partial charge in [-0.05, 0) is 24.3 Å². The summed E-state index contributed by atoms with van der Waals surface area (Å²) in [6.07, 6.45) is 0. The van der Waals surface area contributed by atoms with Crippen LogP contribution in [-0.2, 0) is 9.19 Å². The molecule has 4 heteroatoms. The number of rotatable bonds is 4. The van der Waals surface area contributed by atoms with Gasteiger partial charge >= 0.3 is 0 Å². The van der Waals surface area contributed by atoms with E-state index < -0.39 is 7.37 Å². The number of benzene rings is 2. The van der Waals surface area contributed by atoms with Crippen molar-refractivity contribution >= 4 is 18.0 Å². The quantitative estimate of drug-likeness (QED) is 0.625. The van der Waals surface area contributed by atoms with Gasteiger partial charge in [0.15, 0.2) is 0 Å². The summed E-state index contributed by atoms with van der Waals surface area (Å²) in [5, 5.41) is 2.88. The minimum atomic E-state index is -3.05. The monoisotopic (exact) mass is 261 g/mol. The summed E-state index contributed by atoms with van der Waals surface area (Å²) in [5.41, 5.74) is 0. The number of hydrogen-bond acceptors (Lipinski definition) is 3. The largest absolute Gasteiger partial charge is 0.281 e. The molecule has 0 aliphatic heterocycles. The van der Waals surface area contributed by atoms with Crippen LogP contribution in [0.2, 0.25) is 0 Å². The van der Waals surface area contributed by atoms with Gasteiger partial charge in [0.25, 0.3) is 7.37 Å². The molecule has 0 amide bonds. The first-order chi connectivity index (χ1) is 8.63. The van der Waals surface area contributed by atoms with Gasteiger partial charge in [0.1, 0.15) is 0 Å². The average Bonchev–Trinajstić information content (AvgIpc) is 2.40. The van der Waals surface area contributed by atoms with Crippen molar-refractivity contribution in [2.24, 2.45) is 0 Å². The molecule has 0 aromatic heterocycles. The molecule has 0 spiro atoms. The Balaban J connectivity index is 2.52. The zero-order valence-electron chi connectivity index (χ0n) is 10.5. The molecule has 0 heterocycles. The summed E-state index contributed by atoms with van der Waals surface area (Å²) < 4.78 is 18.8. The molecule has 0 N–H and O–H groups in total. The fourth-order valence-corrected chi connectivity index (χ4v) is 3.80. The van der Waals surface area contributed by atoms with Crippen molar-refractivity contribution in [3.63, 3.8) is 0 Å². The summed E-state index contributed by atoms with van der Waals surface area (Å²) in [7, 11) is 0.415. The van der Waals surface area contributed by atoms with E-state index in [1.54, 1.807) is 14.1 Å². The van der Waals surface area contributed by atoms with Gasteiger partial charge in [-0.25, -0.2) is 4.62 Å². The van der Waals surface area contributed by atoms with Crippen LogP contribution in [-0.4, -0.2) is 19.2 Å². The topological polar surface area (TPSA) is 29.5 Å². The summed E-state index contributed by atoms with van der Waals surface area (Å²) in [6.45, 7) is 0. The van der Waals surface area contributed by atoms with Crippen LogP contribution in [0.15, 0.2) is 60.7 Å². The Bertz CT molecular complexity index is 497. The molecule has 0 saturated heterocycles. The molecule has 0 saturated carbocycles. The van der Waals surface area contributed by atoms with Crippen LogP contribution < -0.4 is 10.6 Å². The maximum Gasteiger partial charge on any atom is 0.277 e. The van der Waals surface area contributed by atoms with Gasteiger partial charge in [-0.2, -0.15) is 5.06 Å². The highest BCUT2D eigenvalue weighted by atomic mass is 31.2. The van der Waals surface area contributed by atoms with E-state index in [0.29, 0.717) is 10.6 Å². The molecule has 94 valence electrons. The summed E-state index contributed by atoms with van der Waals surface area (Å²) >= 11 is 0. The standard InChI is InChI=1S/C14H16NO2P/c1-15(2)17-18(16,13-9-5-3-6-10-13)14-11-7-4-8-12-14/h3-12H,1-2H3. The molecule has 18 heavy (non-hydrogen) atoms. The molecule has 2 rings (SSSR count). The second kappa shape index (κ2) is 5.49. The van der Waals surface area contributed by atoms with E-state index >= 15 is 0 Å². The zero-order chi connectivity index (χ0) is 13.0. The SMILES string of the molecule is CN(C)OP(=O)(c1ccccc1)c1ccccc1. The molecule has 0 atom stereocenters. The average molecular weight is 261 g/mol. The van der Waals surface area contributed by atoms with E-state index in [1.807, 2.05) is 60.7 Å². The summed E-state index contributed by atoms with van der Waals surface area (Å²) in [5.74, 6) is 0. The lowest BCUT2D eigenvalue weighted by Crippen LogP contribution is -2.23. The van der Waals surface area contributed by atoms with E-state index in [4.69, 9.17) is 4.62 Å². The van der Waals surface area contributed by atoms with Crippen molar-refractivity contribution < 1.29 is 9.19 Å². The first-order valence-electron chi connectivity index (χ1n) is 5.71. The van der Waals surface area contributed by atoms with Gasteiger partial charge in [-0.3, -0.25) is 4.57 Å². The van der Waals surface area contributed by atoms with Crippen LogP contribution in [0.5, 0.6) is 0 Å². The van der Waals surface area contributed by atoms with E-state index in [1.165, 1.54) is 5.06 Å². The van der Waals surface area contributed by atoms with Crippen molar-refractivity contribution in [1.82, 2.24) is 5.06 Å². The Morgan fingerprint density at radius 3 is 1.56 bits per heavy atom. The lowest BCUT2D eigenvalue weighted by molar-refractivity contribution is 0.00515. The van der Waals surface area contributed by atoms with Crippen molar-refractivity contribution in [1.29, 1.82) is 0 Å². The Hall–Kier alpha value is -1.41. The van der Waals surface area contributed by atoms with Crippen molar-refractivity contribution in [3.05, 3.63) is 60.7 Å². The molecule has 0 radical (unpaired) electrons. The number of nitrogens with zero attached hydrogens (tertiary/aromatic N) is 1. The highest BCUT2D eigenvalue weighted by Crippen LogP contribution is 2.44. The minimum absolute atomic E-state index is 0.699. The van der Waals surface area contributed by atoms with Crippen LogP contribution in [0, 0.1) is 0 Å². The predicted molar refractivity (Wildman–Crippen MR) is 74.5 cm³/mol. The molecule has 0 aliphatic rings. The highest BCUT2D eigenvalue weighted by molar-refractivity contribution is 7.74. The summed E-state index contributed by atoms with van der Waals surface area (Å²) in [4.78, 5) is 0. The Kier molecular flexibility index (Phi) is 3.97. The first kappa shape index (κ1) is 13.0. The molecular formula is C14H16NO2P. The Morgan fingerprint density at radius 1 is 0.833 bits per heavy atom. The van der Waals surface area contributed by atoms with Gasteiger partial charge < -0.3 is 0 Å². The van der Waals surface area contributed by atoms with Gasteiger partial charge in [0, 0.05) is 24.7 Å². The van der Waals surface area contributed by atoms with Crippen LogP contribution in [0.1, 0.15) is 0 Å².